The Hall–Kier alpha value is -1.32. The molecule has 1 heterocycles. The molecular formula is C16H23N3O. The van der Waals surface area contributed by atoms with Crippen LogP contribution < -0.4 is 0 Å². The molecule has 0 atom stereocenters. The first-order chi connectivity index (χ1) is 9.56. The smallest absolute Gasteiger partial charge is 0.274 e. The Morgan fingerprint density at radius 3 is 2.25 bits per heavy atom. The van der Waals surface area contributed by atoms with Gasteiger partial charge in [-0.05, 0) is 62.3 Å². The van der Waals surface area contributed by atoms with Crippen molar-refractivity contribution < 1.29 is 4.79 Å². The number of carbonyl (C=O) groups excluding carboxylic acids is 1. The number of aromatic nitrogens is 2. The first-order valence-corrected chi connectivity index (χ1v) is 7.83. The number of rotatable bonds is 2. The molecule has 1 aromatic rings. The number of aryl methyl sites for hydroxylation is 1. The van der Waals surface area contributed by atoms with Crippen molar-refractivity contribution in [1.82, 2.24) is 14.7 Å². The molecule has 1 aromatic heterocycles. The molecule has 4 bridgehead atoms. The van der Waals surface area contributed by atoms with Gasteiger partial charge >= 0.3 is 0 Å². The van der Waals surface area contributed by atoms with Crippen molar-refractivity contribution >= 4 is 5.91 Å². The van der Waals surface area contributed by atoms with Gasteiger partial charge in [-0.15, -0.1) is 0 Å². The van der Waals surface area contributed by atoms with Gasteiger partial charge in [-0.25, -0.2) is 0 Å². The molecule has 0 N–H and O–H groups in total. The molecule has 4 aliphatic rings. The number of amides is 1. The van der Waals surface area contributed by atoms with E-state index in [-0.39, 0.29) is 11.4 Å². The lowest BCUT2D eigenvalue weighted by Crippen LogP contribution is -2.60. The Morgan fingerprint density at radius 1 is 1.25 bits per heavy atom. The zero-order valence-corrected chi connectivity index (χ0v) is 12.4. The van der Waals surface area contributed by atoms with Gasteiger partial charge in [-0.2, -0.15) is 5.10 Å². The van der Waals surface area contributed by atoms with Crippen LogP contribution in [0.25, 0.3) is 0 Å². The van der Waals surface area contributed by atoms with Crippen LogP contribution >= 0.6 is 0 Å². The standard InChI is InChI=1S/C16H23N3O/c1-18-4-3-14(17-18)15(20)19(2)16-8-11-5-12(9-16)7-13(6-11)10-16/h3-4,11-13H,5-10H2,1-2H3. The molecule has 4 nitrogen and oxygen atoms in total. The Labute approximate surface area is 120 Å². The van der Waals surface area contributed by atoms with Crippen molar-refractivity contribution in [1.29, 1.82) is 0 Å². The Morgan fingerprint density at radius 2 is 1.80 bits per heavy atom. The maximum atomic E-state index is 12.7. The summed E-state index contributed by atoms with van der Waals surface area (Å²) in [7, 11) is 3.87. The molecule has 0 aliphatic heterocycles. The van der Waals surface area contributed by atoms with Gasteiger partial charge in [0.1, 0.15) is 5.69 Å². The third kappa shape index (κ3) is 1.73. The minimum atomic E-state index is 0.104. The minimum Gasteiger partial charge on any atom is -0.335 e. The zero-order valence-electron chi connectivity index (χ0n) is 12.4. The Balaban J connectivity index is 1.61. The number of nitrogens with zero attached hydrogens (tertiary/aromatic N) is 3. The summed E-state index contributed by atoms with van der Waals surface area (Å²) in [6, 6.07) is 1.83. The third-order valence-electron chi connectivity index (χ3n) is 5.95. The summed E-state index contributed by atoms with van der Waals surface area (Å²) in [5, 5.41) is 4.28. The number of carbonyl (C=O) groups is 1. The van der Waals surface area contributed by atoms with Crippen molar-refractivity contribution in [2.24, 2.45) is 24.8 Å². The van der Waals surface area contributed by atoms with Crippen LogP contribution in [0.2, 0.25) is 0 Å². The van der Waals surface area contributed by atoms with E-state index in [9.17, 15) is 4.79 Å². The summed E-state index contributed by atoms with van der Waals surface area (Å²) in [6.45, 7) is 0. The van der Waals surface area contributed by atoms with Gasteiger partial charge in [-0.3, -0.25) is 9.48 Å². The molecule has 0 radical (unpaired) electrons. The van der Waals surface area contributed by atoms with Crippen LogP contribution in [0.15, 0.2) is 12.3 Å². The van der Waals surface area contributed by atoms with Gasteiger partial charge in [-0.1, -0.05) is 0 Å². The van der Waals surface area contributed by atoms with E-state index in [0.717, 1.165) is 17.8 Å². The molecule has 0 unspecified atom stereocenters. The molecule has 4 saturated carbocycles. The highest BCUT2D eigenvalue weighted by atomic mass is 16.2. The van der Waals surface area contributed by atoms with Crippen molar-refractivity contribution in [2.75, 3.05) is 7.05 Å². The number of hydrogen-bond acceptors (Lipinski definition) is 2. The highest BCUT2D eigenvalue weighted by Gasteiger charge is 2.53. The molecule has 20 heavy (non-hydrogen) atoms. The van der Waals surface area contributed by atoms with E-state index >= 15 is 0 Å². The summed E-state index contributed by atoms with van der Waals surface area (Å²) < 4.78 is 1.71. The summed E-state index contributed by atoms with van der Waals surface area (Å²) in [5.74, 6) is 2.69. The van der Waals surface area contributed by atoms with Crippen molar-refractivity contribution in [2.45, 2.75) is 44.1 Å². The predicted molar refractivity (Wildman–Crippen MR) is 76.2 cm³/mol. The second kappa shape index (κ2) is 4.09. The third-order valence-corrected chi connectivity index (χ3v) is 5.95. The van der Waals surface area contributed by atoms with Gasteiger partial charge in [0, 0.05) is 25.8 Å². The number of hydrogen-bond donors (Lipinski definition) is 0. The summed E-state index contributed by atoms with van der Waals surface area (Å²) >= 11 is 0. The maximum Gasteiger partial charge on any atom is 0.274 e. The highest BCUT2D eigenvalue weighted by Crippen LogP contribution is 2.57. The molecule has 0 saturated heterocycles. The van der Waals surface area contributed by atoms with Gasteiger partial charge in [0.15, 0.2) is 0 Å². The molecule has 5 rings (SSSR count). The van der Waals surface area contributed by atoms with E-state index < -0.39 is 0 Å². The lowest BCUT2D eigenvalue weighted by molar-refractivity contribution is -0.0667. The summed E-state index contributed by atoms with van der Waals surface area (Å²) in [5.41, 5.74) is 0.717. The van der Waals surface area contributed by atoms with E-state index in [1.54, 1.807) is 4.68 Å². The first kappa shape index (κ1) is 12.4. The molecule has 108 valence electrons. The van der Waals surface area contributed by atoms with Crippen molar-refractivity contribution in [3.05, 3.63) is 18.0 Å². The largest absolute Gasteiger partial charge is 0.335 e. The average molecular weight is 273 g/mol. The van der Waals surface area contributed by atoms with Crippen LogP contribution in [-0.4, -0.2) is 33.2 Å². The molecule has 0 aromatic carbocycles. The molecular weight excluding hydrogens is 250 g/mol. The Bertz CT molecular complexity index is 512. The van der Waals surface area contributed by atoms with Crippen LogP contribution in [0.3, 0.4) is 0 Å². The average Bonchev–Trinajstić information content (AvgIpc) is 2.82. The van der Waals surface area contributed by atoms with Gasteiger partial charge in [0.25, 0.3) is 5.91 Å². The van der Waals surface area contributed by atoms with Crippen molar-refractivity contribution in [3.63, 3.8) is 0 Å². The molecule has 4 aliphatic carbocycles. The fourth-order valence-electron chi connectivity index (χ4n) is 5.39. The topological polar surface area (TPSA) is 38.1 Å². The van der Waals surface area contributed by atoms with E-state index in [0.29, 0.717) is 5.69 Å². The quantitative estimate of drug-likeness (QED) is 0.830. The molecule has 1 amide bonds. The van der Waals surface area contributed by atoms with Crippen LogP contribution in [0.4, 0.5) is 0 Å². The zero-order chi connectivity index (χ0) is 13.9. The Kier molecular flexibility index (Phi) is 2.54. The van der Waals surface area contributed by atoms with Crippen LogP contribution in [0.1, 0.15) is 49.0 Å². The van der Waals surface area contributed by atoms with E-state index in [1.807, 2.05) is 31.3 Å². The van der Waals surface area contributed by atoms with Crippen molar-refractivity contribution in [3.8, 4) is 0 Å². The fraction of sp³-hybridized carbons (Fsp3) is 0.750. The maximum absolute atomic E-state index is 12.7. The SMILES string of the molecule is CN(C(=O)c1ccn(C)n1)C12CC3CC(CC(C3)C1)C2. The monoisotopic (exact) mass is 273 g/mol. The summed E-state index contributed by atoms with van der Waals surface area (Å²) in [4.78, 5) is 14.8. The van der Waals surface area contributed by atoms with Crippen LogP contribution in [0, 0.1) is 17.8 Å². The second-order valence-electron chi connectivity index (χ2n) is 7.38. The minimum absolute atomic E-state index is 0.104. The highest BCUT2D eigenvalue weighted by molar-refractivity contribution is 5.92. The molecule has 4 fully saturated rings. The van der Waals surface area contributed by atoms with Crippen LogP contribution in [-0.2, 0) is 7.05 Å². The van der Waals surface area contributed by atoms with Crippen LogP contribution in [0.5, 0.6) is 0 Å². The fourth-order valence-corrected chi connectivity index (χ4v) is 5.39. The van der Waals surface area contributed by atoms with E-state index in [4.69, 9.17) is 0 Å². The normalized spacial score (nSPS) is 38.2. The predicted octanol–water partition coefficient (Wildman–Crippen LogP) is 2.46. The molecule has 4 heteroatoms. The lowest BCUT2D eigenvalue weighted by Gasteiger charge is -2.59. The van der Waals surface area contributed by atoms with Gasteiger partial charge in [0.2, 0.25) is 0 Å². The second-order valence-corrected chi connectivity index (χ2v) is 7.38. The molecule has 0 spiro atoms. The lowest BCUT2D eigenvalue weighted by atomic mass is 9.52. The van der Waals surface area contributed by atoms with E-state index in [2.05, 4.69) is 5.10 Å². The summed E-state index contributed by atoms with van der Waals surface area (Å²) in [6.07, 6.45) is 9.72. The van der Waals surface area contributed by atoms with Gasteiger partial charge in [0.05, 0.1) is 0 Å². The van der Waals surface area contributed by atoms with E-state index in [1.165, 1.54) is 38.5 Å². The van der Waals surface area contributed by atoms with Gasteiger partial charge < -0.3 is 4.90 Å². The first-order valence-electron chi connectivity index (χ1n) is 7.83.